The predicted octanol–water partition coefficient (Wildman–Crippen LogP) is 5.64. The quantitative estimate of drug-likeness (QED) is 0.747. The van der Waals surface area contributed by atoms with E-state index in [2.05, 4.69) is 54.3 Å². The number of rotatable bonds is 4. The normalized spacial score (nSPS) is 30.3. The van der Waals surface area contributed by atoms with Crippen LogP contribution in [0.1, 0.15) is 68.1 Å². The summed E-state index contributed by atoms with van der Waals surface area (Å²) in [7, 11) is 0. The Bertz CT molecular complexity index is 832. The van der Waals surface area contributed by atoms with Crippen molar-refractivity contribution in [3.8, 4) is 5.75 Å². The Morgan fingerprint density at radius 2 is 1.96 bits per heavy atom. The van der Waals surface area contributed by atoms with E-state index in [1.165, 1.54) is 68.3 Å². The molecule has 1 saturated heterocycles. The maximum absolute atomic E-state index is 10.2. The third-order valence-electron chi connectivity index (χ3n) is 8.15. The van der Waals surface area contributed by atoms with Gasteiger partial charge in [-0.3, -0.25) is 4.90 Å². The molecule has 2 aromatic carbocycles. The number of hydrogen-bond acceptors (Lipinski definition) is 2. The Hall–Kier alpha value is -1.80. The lowest BCUT2D eigenvalue weighted by Crippen LogP contribution is -2.61. The first kappa shape index (κ1) is 18.2. The van der Waals surface area contributed by atoms with Crippen molar-refractivity contribution in [3.05, 3.63) is 65.2 Å². The van der Waals surface area contributed by atoms with Crippen LogP contribution in [0, 0.1) is 5.92 Å². The van der Waals surface area contributed by atoms with Crippen LogP contribution >= 0.6 is 0 Å². The summed E-state index contributed by atoms with van der Waals surface area (Å²) in [5.41, 5.74) is 4.80. The molecule has 0 spiro atoms. The fourth-order valence-electron chi connectivity index (χ4n) is 6.78. The molecule has 2 bridgehead atoms. The van der Waals surface area contributed by atoms with Gasteiger partial charge >= 0.3 is 0 Å². The average molecular weight is 376 g/mol. The lowest BCUT2D eigenvalue weighted by Gasteiger charge is -2.59. The Labute approximate surface area is 169 Å². The van der Waals surface area contributed by atoms with Crippen LogP contribution in [-0.4, -0.2) is 29.1 Å². The van der Waals surface area contributed by atoms with Gasteiger partial charge in [0.2, 0.25) is 0 Å². The van der Waals surface area contributed by atoms with E-state index in [0.29, 0.717) is 23.1 Å². The summed E-state index contributed by atoms with van der Waals surface area (Å²) in [6.45, 7) is 4.73. The zero-order valence-corrected chi connectivity index (χ0v) is 17.1. The van der Waals surface area contributed by atoms with Gasteiger partial charge in [0, 0.05) is 18.0 Å². The summed E-state index contributed by atoms with van der Waals surface area (Å²) in [6, 6.07) is 18.0. The molecule has 2 aromatic rings. The fourth-order valence-corrected chi connectivity index (χ4v) is 6.78. The minimum absolute atomic E-state index is 0.320. The van der Waals surface area contributed by atoms with E-state index in [1.54, 1.807) is 0 Å². The van der Waals surface area contributed by atoms with E-state index in [0.717, 1.165) is 12.3 Å². The topological polar surface area (TPSA) is 23.5 Å². The van der Waals surface area contributed by atoms with Gasteiger partial charge in [0.1, 0.15) is 5.75 Å². The molecule has 1 aliphatic heterocycles. The highest BCUT2D eigenvalue weighted by molar-refractivity contribution is 5.45. The number of likely N-dealkylation sites (tertiary alicyclic amines) is 1. The highest BCUT2D eigenvalue weighted by Crippen LogP contribution is 2.56. The average Bonchev–Trinajstić information content (AvgIpc) is 2.74. The Morgan fingerprint density at radius 1 is 1.11 bits per heavy atom. The molecular weight excluding hydrogens is 342 g/mol. The summed E-state index contributed by atoms with van der Waals surface area (Å²) in [5.74, 6) is 1.84. The van der Waals surface area contributed by atoms with Crippen molar-refractivity contribution >= 4 is 0 Å². The first-order valence-corrected chi connectivity index (χ1v) is 11.3. The molecule has 148 valence electrons. The van der Waals surface area contributed by atoms with Gasteiger partial charge in [-0.2, -0.15) is 0 Å². The van der Waals surface area contributed by atoms with Crippen molar-refractivity contribution in [1.82, 2.24) is 4.90 Å². The molecule has 1 heterocycles. The maximum Gasteiger partial charge on any atom is 0.115 e. The predicted molar refractivity (Wildman–Crippen MR) is 115 cm³/mol. The van der Waals surface area contributed by atoms with Crippen LogP contribution in [0.4, 0.5) is 0 Å². The molecule has 1 N–H and O–H groups in total. The van der Waals surface area contributed by atoms with Crippen LogP contribution in [-0.2, 0) is 11.8 Å². The second-order valence-corrected chi connectivity index (χ2v) is 9.38. The Balaban J connectivity index is 1.47. The van der Waals surface area contributed by atoms with Crippen molar-refractivity contribution in [2.75, 3.05) is 13.1 Å². The second kappa shape index (κ2) is 7.22. The Morgan fingerprint density at radius 3 is 2.79 bits per heavy atom. The number of aromatic hydroxyl groups is 1. The molecule has 2 fully saturated rings. The number of hydrogen-bond donors (Lipinski definition) is 1. The van der Waals surface area contributed by atoms with Crippen molar-refractivity contribution in [3.63, 3.8) is 0 Å². The first-order valence-electron chi connectivity index (χ1n) is 11.3. The minimum Gasteiger partial charge on any atom is -0.508 e. The van der Waals surface area contributed by atoms with Gasteiger partial charge in [0.15, 0.2) is 0 Å². The second-order valence-electron chi connectivity index (χ2n) is 9.38. The molecule has 0 radical (unpaired) electrons. The number of benzene rings is 2. The van der Waals surface area contributed by atoms with Gasteiger partial charge < -0.3 is 5.11 Å². The smallest absolute Gasteiger partial charge is 0.115 e. The van der Waals surface area contributed by atoms with Crippen LogP contribution < -0.4 is 0 Å². The lowest BCUT2D eigenvalue weighted by atomic mass is 9.52. The molecule has 2 nitrogen and oxygen atoms in total. The molecule has 4 atom stereocenters. The van der Waals surface area contributed by atoms with Crippen molar-refractivity contribution in [2.24, 2.45) is 5.92 Å². The van der Waals surface area contributed by atoms with Crippen LogP contribution in [0.5, 0.6) is 5.75 Å². The van der Waals surface area contributed by atoms with Crippen LogP contribution in [0.25, 0.3) is 0 Å². The number of phenolic OH excluding ortho intramolecular Hbond substituents is 1. The van der Waals surface area contributed by atoms with Crippen molar-refractivity contribution in [2.45, 2.75) is 69.2 Å². The largest absolute Gasteiger partial charge is 0.508 e. The molecule has 3 aliphatic rings. The molecule has 0 aromatic heterocycles. The Kier molecular flexibility index (Phi) is 4.71. The molecular formula is C26H33NO. The van der Waals surface area contributed by atoms with E-state index in [4.69, 9.17) is 0 Å². The molecule has 1 unspecified atom stereocenters. The van der Waals surface area contributed by atoms with Gasteiger partial charge in [0.25, 0.3) is 0 Å². The van der Waals surface area contributed by atoms with Gasteiger partial charge in [-0.25, -0.2) is 0 Å². The molecule has 0 amide bonds. The van der Waals surface area contributed by atoms with E-state index < -0.39 is 0 Å². The zero-order chi connectivity index (χ0) is 19.1. The SMILES string of the molecule is CCC(CN1CC[C@@]23CCCC[C@H]2[C@@H]1Cc1ccc(O)cc13)c1ccccc1. The monoisotopic (exact) mass is 375 g/mol. The third-order valence-corrected chi connectivity index (χ3v) is 8.15. The van der Waals surface area contributed by atoms with Crippen LogP contribution in [0.3, 0.4) is 0 Å². The first-order chi connectivity index (χ1) is 13.7. The molecule has 1 saturated carbocycles. The minimum atomic E-state index is 0.320. The van der Waals surface area contributed by atoms with Gasteiger partial charge in [0.05, 0.1) is 0 Å². The van der Waals surface area contributed by atoms with Crippen molar-refractivity contribution < 1.29 is 5.11 Å². The van der Waals surface area contributed by atoms with Crippen molar-refractivity contribution in [1.29, 1.82) is 0 Å². The third kappa shape index (κ3) is 2.88. The maximum atomic E-state index is 10.2. The molecule has 2 aliphatic carbocycles. The van der Waals surface area contributed by atoms with E-state index in [-0.39, 0.29) is 0 Å². The summed E-state index contributed by atoms with van der Waals surface area (Å²) >= 11 is 0. The number of phenols is 1. The number of piperidine rings is 1. The number of fused-ring (bicyclic) bond motifs is 1. The summed E-state index contributed by atoms with van der Waals surface area (Å²) < 4.78 is 0. The number of nitrogens with zero attached hydrogens (tertiary/aromatic N) is 1. The highest BCUT2D eigenvalue weighted by atomic mass is 16.3. The molecule has 28 heavy (non-hydrogen) atoms. The van der Waals surface area contributed by atoms with E-state index >= 15 is 0 Å². The van der Waals surface area contributed by atoms with Crippen LogP contribution in [0.15, 0.2) is 48.5 Å². The lowest BCUT2D eigenvalue weighted by molar-refractivity contribution is -0.0143. The van der Waals surface area contributed by atoms with Gasteiger partial charge in [-0.05, 0) is 79.3 Å². The van der Waals surface area contributed by atoms with Gasteiger partial charge in [-0.1, -0.05) is 56.2 Å². The summed E-state index contributed by atoms with van der Waals surface area (Å²) in [6.07, 6.45) is 9.02. The molecule has 2 heteroatoms. The zero-order valence-electron chi connectivity index (χ0n) is 17.1. The van der Waals surface area contributed by atoms with E-state index in [1.807, 2.05) is 6.07 Å². The van der Waals surface area contributed by atoms with Crippen LogP contribution in [0.2, 0.25) is 0 Å². The van der Waals surface area contributed by atoms with E-state index in [9.17, 15) is 5.11 Å². The summed E-state index contributed by atoms with van der Waals surface area (Å²) in [4.78, 5) is 2.84. The molecule has 5 rings (SSSR count). The van der Waals surface area contributed by atoms with Gasteiger partial charge in [-0.15, -0.1) is 0 Å². The summed E-state index contributed by atoms with van der Waals surface area (Å²) in [5, 5.41) is 10.2. The highest BCUT2D eigenvalue weighted by Gasteiger charge is 2.53. The standard InChI is InChI=1S/C26H33NO/c1-2-19(20-8-4-3-5-9-20)18-27-15-14-26-13-7-6-10-23(26)25(27)16-21-11-12-22(28)17-24(21)26/h3-5,8-9,11-12,17,19,23,25,28H,2,6-7,10,13-16,18H2,1H3/t19?,23-,25-,26-/m0/s1. The fraction of sp³-hybridized carbons (Fsp3) is 0.538.